The van der Waals surface area contributed by atoms with Gasteiger partial charge in [-0.2, -0.15) is 0 Å². The van der Waals surface area contributed by atoms with Crippen LogP contribution in [0.5, 0.6) is 0 Å². The Morgan fingerprint density at radius 2 is 1.06 bits per heavy atom. The quantitative estimate of drug-likeness (QED) is 0.172. The minimum Gasteiger partial charge on any atom is -0.357 e. The molecule has 6 aliphatic rings. The Hall–Kier alpha value is -7.56. The largest absolute Gasteiger partial charge is 0.357 e. The zero-order valence-electron chi connectivity index (χ0n) is 35.5. The first-order valence-corrected chi connectivity index (χ1v) is 23.1. The van der Waals surface area contributed by atoms with Gasteiger partial charge in [0, 0.05) is 68.3 Å². The molecular formula is C60H46N4. The smallest absolute Gasteiger partial charge is 0.0623 e. The average molecular weight is 823 g/mol. The lowest BCUT2D eigenvalue weighted by Gasteiger charge is -2.41. The lowest BCUT2D eigenvalue weighted by molar-refractivity contribution is 0.338. The molecule has 6 aromatic carbocycles. The molecule has 0 saturated carbocycles. The summed E-state index contributed by atoms with van der Waals surface area (Å²) < 4.78 is 4.99. The predicted octanol–water partition coefficient (Wildman–Crippen LogP) is 14.0. The van der Waals surface area contributed by atoms with Crippen molar-refractivity contribution in [2.24, 2.45) is 5.92 Å². The summed E-state index contributed by atoms with van der Waals surface area (Å²) in [6.07, 6.45) is 31.8. The van der Waals surface area contributed by atoms with E-state index in [1.165, 1.54) is 83.0 Å². The average Bonchev–Trinajstić information content (AvgIpc) is 4.09. The predicted molar refractivity (Wildman–Crippen MR) is 266 cm³/mol. The highest BCUT2D eigenvalue weighted by Gasteiger charge is 2.44. The van der Waals surface area contributed by atoms with Crippen molar-refractivity contribution in [3.63, 3.8) is 0 Å². The molecule has 4 heterocycles. The van der Waals surface area contributed by atoms with Crippen LogP contribution in [0.15, 0.2) is 229 Å². The number of anilines is 1. The van der Waals surface area contributed by atoms with Crippen LogP contribution in [0.4, 0.5) is 5.69 Å². The summed E-state index contributed by atoms with van der Waals surface area (Å²) in [6, 6.07) is 52.7. The van der Waals surface area contributed by atoms with Crippen molar-refractivity contribution in [1.82, 2.24) is 14.0 Å². The molecule has 4 aliphatic carbocycles. The van der Waals surface area contributed by atoms with Crippen LogP contribution in [0.1, 0.15) is 36.3 Å². The third-order valence-corrected chi connectivity index (χ3v) is 14.9. The Kier molecular flexibility index (Phi) is 7.85. The molecule has 4 nitrogen and oxygen atoms in total. The Morgan fingerprint density at radius 3 is 1.70 bits per heavy atom. The summed E-state index contributed by atoms with van der Waals surface area (Å²) in [5.41, 5.74) is 16.8. The molecule has 2 aromatic heterocycles. The van der Waals surface area contributed by atoms with Crippen LogP contribution in [-0.2, 0) is 0 Å². The number of hydrogen-bond donors (Lipinski definition) is 0. The third kappa shape index (κ3) is 5.23. The van der Waals surface area contributed by atoms with Gasteiger partial charge in [0.15, 0.2) is 0 Å². The SMILES string of the molecule is C1=CC2C3=C(CCC=C3)N(C3=CC(c4cc(-n5c6ccccc6c6ccccc65)cc(-n5c6ccccc6c6ccccc65)c4)=CC(N4c5ccccc5C5C=CC=CC54)C3)C2C=C1. The van der Waals surface area contributed by atoms with E-state index in [1.54, 1.807) is 0 Å². The van der Waals surface area contributed by atoms with E-state index in [-0.39, 0.29) is 18.1 Å². The zero-order valence-corrected chi connectivity index (χ0v) is 35.5. The van der Waals surface area contributed by atoms with Crippen molar-refractivity contribution in [2.45, 2.75) is 43.3 Å². The minimum absolute atomic E-state index is 0.126. The van der Waals surface area contributed by atoms with Gasteiger partial charge in [0.1, 0.15) is 0 Å². The van der Waals surface area contributed by atoms with Crippen molar-refractivity contribution in [3.05, 3.63) is 241 Å². The zero-order chi connectivity index (χ0) is 41.9. The molecule has 14 rings (SSSR count). The number of para-hydroxylation sites is 5. The first kappa shape index (κ1) is 36.0. The van der Waals surface area contributed by atoms with Crippen LogP contribution >= 0.6 is 0 Å². The number of benzene rings is 6. The van der Waals surface area contributed by atoms with E-state index in [2.05, 4.69) is 231 Å². The minimum atomic E-state index is 0.126. The summed E-state index contributed by atoms with van der Waals surface area (Å²) in [7, 11) is 0. The van der Waals surface area contributed by atoms with E-state index in [1.807, 2.05) is 0 Å². The molecular weight excluding hydrogens is 777 g/mol. The lowest BCUT2D eigenvalue weighted by Crippen LogP contribution is -2.43. The number of allylic oxidation sites excluding steroid dienone is 9. The van der Waals surface area contributed by atoms with Gasteiger partial charge < -0.3 is 18.9 Å². The summed E-state index contributed by atoms with van der Waals surface area (Å²) in [6.45, 7) is 0. The first-order chi connectivity index (χ1) is 31.8. The number of aromatic nitrogens is 2. The summed E-state index contributed by atoms with van der Waals surface area (Å²) in [5.74, 6) is 0.683. The van der Waals surface area contributed by atoms with Crippen LogP contribution < -0.4 is 4.90 Å². The molecule has 0 saturated heterocycles. The van der Waals surface area contributed by atoms with Crippen molar-refractivity contribution in [1.29, 1.82) is 0 Å². The molecule has 64 heavy (non-hydrogen) atoms. The fourth-order valence-electron chi connectivity index (χ4n) is 12.3. The Bertz CT molecular complexity index is 3300. The van der Waals surface area contributed by atoms with Crippen molar-refractivity contribution in [2.75, 3.05) is 4.90 Å². The molecule has 0 bridgehead atoms. The summed E-state index contributed by atoms with van der Waals surface area (Å²) in [5, 5.41) is 5.06. The molecule has 0 spiro atoms. The Labute approximate surface area is 373 Å². The maximum atomic E-state index is 2.75. The van der Waals surface area contributed by atoms with E-state index in [9.17, 15) is 0 Å². The fourth-order valence-corrected chi connectivity index (χ4v) is 12.3. The van der Waals surface area contributed by atoms with Gasteiger partial charge >= 0.3 is 0 Å². The molecule has 0 N–H and O–H groups in total. The normalized spacial score (nSPS) is 23.0. The molecule has 4 heteroatoms. The van der Waals surface area contributed by atoms with Crippen LogP contribution in [0.25, 0.3) is 60.6 Å². The Morgan fingerprint density at radius 1 is 0.516 bits per heavy atom. The molecule has 2 aliphatic heterocycles. The topological polar surface area (TPSA) is 16.3 Å². The highest BCUT2D eigenvalue weighted by molar-refractivity contribution is 6.10. The van der Waals surface area contributed by atoms with Crippen molar-refractivity contribution >= 4 is 54.9 Å². The molecule has 0 amide bonds. The monoisotopic (exact) mass is 822 g/mol. The number of nitrogens with zero attached hydrogens (tertiary/aromatic N) is 4. The van der Waals surface area contributed by atoms with E-state index in [0.29, 0.717) is 11.8 Å². The van der Waals surface area contributed by atoms with E-state index < -0.39 is 0 Å². The molecule has 306 valence electrons. The molecule has 5 atom stereocenters. The van der Waals surface area contributed by atoms with Gasteiger partial charge in [-0.25, -0.2) is 0 Å². The standard InChI is InChI=1S/C60H46N4/c1-9-25-53-45(17-1)46-18-2-10-26-54(46)61(53)41-33-39(34-42(37-41)62-55-27-11-3-19-47(55)48-20-4-12-28-56(48)62)40-35-43(63-57-29-13-5-21-49(57)50-22-6-14-30-58(50)63)38-44(36-40)64-59-31-15-7-23-51(59)52-24-8-16-32-60(52)64/h1-15,17-31,33-37,43,49,51,57,59H,16,32,38H2. The van der Waals surface area contributed by atoms with Crippen LogP contribution in [0, 0.1) is 5.92 Å². The molecule has 0 radical (unpaired) electrons. The van der Waals surface area contributed by atoms with Crippen LogP contribution in [-0.4, -0.2) is 32.2 Å². The highest BCUT2D eigenvalue weighted by atomic mass is 15.2. The van der Waals surface area contributed by atoms with Gasteiger partial charge in [0.05, 0.1) is 40.2 Å². The number of rotatable bonds is 5. The van der Waals surface area contributed by atoms with E-state index in [4.69, 9.17) is 0 Å². The number of fused-ring (bicyclic) bond motifs is 11. The highest BCUT2D eigenvalue weighted by Crippen LogP contribution is 2.50. The Balaban J connectivity index is 1.04. The van der Waals surface area contributed by atoms with Gasteiger partial charge in [0.25, 0.3) is 0 Å². The van der Waals surface area contributed by atoms with Crippen LogP contribution in [0.2, 0.25) is 0 Å². The second kappa shape index (κ2) is 14.0. The van der Waals surface area contributed by atoms with E-state index in [0.717, 1.165) is 30.6 Å². The lowest BCUT2D eigenvalue weighted by atomic mass is 9.88. The molecule has 8 aromatic rings. The van der Waals surface area contributed by atoms with Crippen molar-refractivity contribution < 1.29 is 0 Å². The number of hydrogen-bond acceptors (Lipinski definition) is 2. The fraction of sp³-hybridized carbons (Fsp3) is 0.133. The maximum absolute atomic E-state index is 2.75. The second-order valence-corrected chi connectivity index (χ2v) is 18.3. The van der Waals surface area contributed by atoms with Crippen molar-refractivity contribution in [3.8, 4) is 11.4 Å². The molecule has 5 unspecified atom stereocenters. The van der Waals surface area contributed by atoms with E-state index >= 15 is 0 Å². The van der Waals surface area contributed by atoms with Gasteiger partial charge in [-0.1, -0.05) is 158 Å². The van der Waals surface area contributed by atoms with Gasteiger partial charge in [-0.3, -0.25) is 0 Å². The second-order valence-electron chi connectivity index (χ2n) is 18.3. The van der Waals surface area contributed by atoms with Gasteiger partial charge in [0.2, 0.25) is 0 Å². The first-order valence-electron chi connectivity index (χ1n) is 23.1. The van der Waals surface area contributed by atoms with Gasteiger partial charge in [-0.05, 0) is 89.7 Å². The molecule has 0 fully saturated rings. The summed E-state index contributed by atoms with van der Waals surface area (Å²) >= 11 is 0. The van der Waals surface area contributed by atoms with Crippen LogP contribution in [0.3, 0.4) is 0 Å². The third-order valence-electron chi connectivity index (χ3n) is 14.9. The summed E-state index contributed by atoms with van der Waals surface area (Å²) in [4.78, 5) is 5.50. The van der Waals surface area contributed by atoms with Gasteiger partial charge in [-0.15, -0.1) is 0 Å². The maximum Gasteiger partial charge on any atom is 0.0623 e.